The molecular weight excluding hydrogens is 221 g/mol. The molecule has 0 N–H and O–H groups in total. The monoisotopic (exact) mass is 231 g/mol. The summed E-state index contributed by atoms with van der Waals surface area (Å²) in [7, 11) is 1.42. The maximum Gasteiger partial charge on any atom is 0.213 e. The number of benzene rings is 1. The number of ether oxygens (including phenoxy) is 1. The molecule has 5 heteroatoms. The van der Waals surface area contributed by atoms with Crippen LogP contribution in [0.3, 0.4) is 0 Å². The van der Waals surface area contributed by atoms with Gasteiger partial charge in [0, 0.05) is 18.9 Å². The molecule has 86 valence electrons. The fraction of sp³-hybridized carbons (Fsp3) is 0.167. The van der Waals surface area contributed by atoms with Crippen LogP contribution in [0, 0.1) is 17.1 Å². The molecule has 0 aliphatic carbocycles. The summed E-state index contributed by atoms with van der Waals surface area (Å²) in [6.07, 6.45) is 3.22. The van der Waals surface area contributed by atoms with Crippen LogP contribution in [0.5, 0.6) is 5.75 Å². The predicted octanol–water partition coefficient (Wildman–Crippen LogP) is 1.95. The van der Waals surface area contributed by atoms with Crippen molar-refractivity contribution in [3.8, 4) is 11.8 Å². The normalized spacial score (nSPS) is 9.94. The van der Waals surface area contributed by atoms with Crippen LogP contribution >= 0.6 is 0 Å². The molecule has 1 heterocycles. The van der Waals surface area contributed by atoms with E-state index in [1.165, 1.54) is 13.2 Å². The summed E-state index contributed by atoms with van der Waals surface area (Å²) in [6, 6.07) is 6.67. The zero-order valence-corrected chi connectivity index (χ0v) is 9.22. The fourth-order valence-corrected chi connectivity index (χ4v) is 1.55. The van der Waals surface area contributed by atoms with Crippen LogP contribution in [0.4, 0.5) is 4.39 Å². The first-order valence-corrected chi connectivity index (χ1v) is 4.98. The summed E-state index contributed by atoms with van der Waals surface area (Å²) in [5, 5.41) is 8.79. The lowest BCUT2D eigenvalue weighted by molar-refractivity contribution is 0.386. The number of rotatable bonds is 3. The number of nitrogens with zero attached hydrogens (tertiary/aromatic N) is 3. The van der Waals surface area contributed by atoms with Crippen LogP contribution in [-0.4, -0.2) is 16.7 Å². The Balaban J connectivity index is 2.25. The highest BCUT2D eigenvalue weighted by molar-refractivity contribution is 5.30. The predicted molar refractivity (Wildman–Crippen MR) is 59.0 cm³/mol. The highest BCUT2D eigenvalue weighted by Gasteiger charge is 2.06. The molecule has 0 amide bonds. The van der Waals surface area contributed by atoms with Crippen LogP contribution in [-0.2, 0) is 6.54 Å². The van der Waals surface area contributed by atoms with Crippen molar-refractivity contribution in [3.05, 3.63) is 47.8 Å². The van der Waals surface area contributed by atoms with Gasteiger partial charge in [-0.05, 0) is 17.7 Å². The van der Waals surface area contributed by atoms with Crippen molar-refractivity contribution in [1.82, 2.24) is 9.55 Å². The number of halogens is 1. The zero-order valence-electron chi connectivity index (χ0n) is 9.22. The Morgan fingerprint density at radius 2 is 2.35 bits per heavy atom. The Labute approximate surface area is 97.9 Å². The third kappa shape index (κ3) is 2.26. The first-order chi connectivity index (χ1) is 8.24. The molecule has 0 aliphatic rings. The van der Waals surface area contributed by atoms with Gasteiger partial charge in [-0.3, -0.25) is 0 Å². The lowest BCUT2D eigenvalue weighted by Crippen LogP contribution is -2.02. The standard InChI is InChI=1S/C12H10FN3O/c1-17-11-3-2-9(6-10(11)13)8-16-5-4-15-12(16)7-14/h2-6H,8H2,1H3. The Hall–Kier alpha value is -2.35. The summed E-state index contributed by atoms with van der Waals surface area (Å²) >= 11 is 0. The van der Waals surface area contributed by atoms with Crippen molar-refractivity contribution in [3.63, 3.8) is 0 Å². The quantitative estimate of drug-likeness (QED) is 0.811. The summed E-state index contributed by atoms with van der Waals surface area (Å²) in [4.78, 5) is 3.87. The Bertz CT molecular complexity index is 571. The maximum absolute atomic E-state index is 13.4. The molecule has 0 saturated heterocycles. The van der Waals surface area contributed by atoms with Gasteiger partial charge < -0.3 is 9.30 Å². The van der Waals surface area contributed by atoms with Crippen molar-refractivity contribution in [2.75, 3.05) is 7.11 Å². The van der Waals surface area contributed by atoms with Crippen molar-refractivity contribution in [1.29, 1.82) is 5.26 Å². The van der Waals surface area contributed by atoms with E-state index in [0.717, 1.165) is 5.56 Å². The van der Waals surface area contributed by atoms with E-state index in [1.54, 1.807) is 29.1 Å². The van der Waals surface area contributed by atoms with E-state index in [4.69, 9.17) is 10.00 Å². The second-order valence-electron chi connectivity index (χ2n) is 3.46. The van der Waals surface area contributed by atoms with Gasteiger partial charge in [-0.2, -0.15) is 5.26 Å². The Morgan fingerprint density at radius 1 is 1.53 bits per heavy atom. The number of hydrogen-bond donors (Lipinski definition) is 0. The molecule has 0 bridgehead atoms. The molecular formula is C12H10FN3O. The molecule has 2 rings (SSSR count). The minimum absolute atomic E-state index is 0.208. The summed E-state index contributed by atoms with van der Waals surface area (Å²) in [5.74, 6) is 0.102. The minimum atomic E-state index is -0.413. The molecule has 0 aliphatic heterocycles. The first-order valence-electron chi connectivity index (χ1n) is 4.98. The van der Waals surface area contributed by atoms with Crippen LogP contribution in [0.15, 0.2) is 30.6 Å². The van der Waals surface area contributed by atoms with E-state index in [9.17, 15) is 4.39 Å². The Kier molecular flexibility index (Phi) is 3.06. The molecule has 4 nitrogen and oxygen atoms in total. The lowest BCUT2D eigenvalue weighted by Gasteiger charge is -2.06. The van der Waals surface area contributed by atoms with Gasteiger partial charge >= 0.3 is 0 Å². The topological polar surface area (TPSA) is 50.8 Å². The van der Waals surface area contributed by atoms with Gasteiger partial charge in [0.2, 0.25) is 5.82 Å². The van der Waals surface area contributed by atoms with Crippen LogP contribution < -0.4 is 4.74 Å². The van der Waals surface area contributed by atoms with Crippen LogP contribution in [0.25, 0.3) is 0 Å². The fourth-order valence-electron chi connectivity index (χ4n) is 1.55. The highest BCUT2D eigenvalue weighted by Crippen LogP contribution is 2.18. The molecule has 0 unspecified atom stereocenters. The maximum atomic E-state index is 13.4. The van der Waals surface area contributed by atoms with Gasteiger partial charge in [0.15, 0.2) is 11.6 Å². The molecule has 0 atom stereocenters. The lowest BCUT2D eigenvalue weighted by atomic mass is 10.2. The van der Waals surface area contributed by atoms with Crippen molar-refractivity contribution < 1.29 is 9.13 Å². The molecule has 0 spiro atoms. The molecule has 17 heavy (non-hydrogen) atoms. The molecule has 2 aromatic rings. The minimum Gasteiger partial charge on any atom is -0.494 e. The van der Waals surface area contributed by atoms with E-state index in [1.807, 2.05) is 6.07 Å². The molecule has 0 saturated carbocycles. The second kappa shape index (κ2) is 4.66. The molecule has 0 radical (unpaired) electrons. The van der Waals surface area contributed by atoms with Gasteiger partial charge in [-0.1, -0.05) is 6.07 Å². The van der Waals surface area contributed by atoms with Gasteiger partial charge in [0.25, 0.3) is 0 Å². The van der Waals surface area contributed by atoms with E-state index in [-0.39, 0.29) is 5.75 Å². The van der Waals surface area contributed by atoms with E-state index >= 15 is 0 Å². The average Bonchev–Trinajstić information content (AvgIpc) is 2.76. The van der Waals surface area contributed by atoms with Gasteiger partial charge in [-0.15, -0.1) is 0 Å². The summed E-state index contributed by atoms with van der Waals surface area (Å²) < 4.78 is 19.9. The van der Waals surface area contributed by atoms with Gasteiger partial charge in [0.1, 0.15) is 6.07 Å². The average molecular weight is 231 g/mol. The second-order valence-corrected chi connectivity index (χ2v) is 3.46. The van der Waals surface area contributed by atoms with Gasteiger partial charge in [0.05, 0.1) is 7.11 Å². The number of methoxy groups -OCH3 is 1. The molecule has 0 fully saturated rings. The highest BCUT2D eigenvalue weighted by atomic mass is 19.1. The third-order valence-electron chi connectivity index (χ3n) is 2.38. The van der Waals surface area contributed by atoms with Crippen molar-refractivity contribution >= 4 is 0 Å². The third-order valence-corrected chi connectivity index (χ3v) is 2.38. The summed E-state index contributed by atoms with van der Waals surface area (Å²) in [6.45, 7) is 0.407. The largest absolute Gasteiger partial charge is 0.494 e. The van der Waals surface area contributed by atoms with E-state index in [2.05, 4.69) is 4.98 Å². The van der Waals surface area contributed by atoms with Crippen molar-refractivity contribution in [2.24, 2.45) is 0 Å². The van der Waals surface area contributed by atoms with Gasteiger partial charge in [-0.25, -0.2) is 9.37 Å². The first kappa shape index (κ1) is 11.1. The number of nitriles is 1. The van der Waals surface area contributed by atoms with E-state index < -0.39 is 5.82 Å². The molecule has 1 aromatic heterocycles. The number of hydrogen-bond acceptors (Lipinski definition) is 3. The van der Waals surface area contributed by atoms with E-state index in [0.29, 0.717) is 12.4 Å². The number of imidazole rings is 1. The SMILES string of the molecule is COc1ccc(Cn2ccnc2C#N)cc1F. The Morgan fingerprint density at radius 3 is 3.00 bits per heavy atom. The van der Waals surface area contributed by atoms with Crippen LogP contribution in [0.1, 0.15) is 11.4 Å². The van der Waals surface area contributed by atoms with Crippen molar-refractivity contribution in [2.45, 2.75) is 6.54 Å². The van der Waals surface area contributed by atoms with Crippen LogP contribution in [0.2, 0.25) is 0 Å². The zero-order chi connectivity index (χ0) is 12.3. The summed E-state index contributed by atoms with van der Waals surface area (Å²) in [5.41, 5.74) is 0.748. The smallest absolute Gasteiger partial charge is 0.213 e. The molecule has 1 aromatic carbocycles. The number of aromatic nitrogens is 2.